The highest BCUT2D eigenvalue weighted by Crippen LogP contribution is 2.31. The van der Waals surface area contributed by atoms with Gasteiger partial charge in [0.15, 0.2) is 6.61 Å². The molecule has 5 nitrogen and oxygen atoms in total. The Morgan fingerprint density at radius 1 is 1.27 bits per heavy atom. The molecule has 0 aromatic heterocycles. The van der Waals surface area contributed by atoms with Crippen LogP contribution in [0, 0.1) is 0 Å². The summed E-state index contributed by atoms with van der Waals surface area (Å²) in [6.07, 6.45) is 1.41. The molecule has 0 unspecified atom stereocenters. The highest BCUT2D eigenvalue weighted by Gasteiger charge is 2.07. The lowest BCUT2D eigenvalue weighted by Gasteiger charge is -2.07. The Bertz CT molecular complexity index is 705. The normalized spacial score (nSPS) is 10.6. The molecule has 2 N–H and O–H groups in total. The van der Waals surface area contributed by atoms with Gasteiger partial charge in [0, 0.05) is 0 Å². The van der Waals surface area contributed by atoms with Crippen LogP contribution < -0.4 is 10.2 Å². The van der Waals surface area contributed by atoms with E-state index in [1.165, 1.54) is 12.3 Å². The van der Waals surface area contributed by atoms with Gasteiger partial charge in [0.05, 0.1) is 11.2 Å². The van der Waals surface area contributed by atoms with E-state index in [2.05, 4.69) is 10.5 Å². The summed E-state index contributed by atoms with van der Waals surface area (Å²) in [6.45, 7) is -0.253. The molecule has 7 heteroatoms. The molecule has 0 atom stereocenters. The van der Waals surface area contributed by atoms with E-state index >= 15 is 0 Å². The number of ether oxygens (including phenoxy) is 1. The van der Waals surface area contributed by atoms with Gasteiger partial charge in [0.1, 0.15) is 16.5 Å². The van der Waals surface area contributed by atoms with Crippen molar-refractivity contribution < 1.29 is 14.6 Å². The van der Waals surface area contributed by atoms with Crippen molar-refractivity contribution in [2.24, 2.45) is 5.10 Å². The number of halogens is 2. The van der Waals surface area contributed by atoms with Crippen LogP contribution in [0.3, 0.4) is 0 Å². The lowest BCUT2D eigenvalue weighted by Crippen LogP contribution is -2.24. The number of carbonyl (C=O) groups excluding carboxylic acids is 1. The van der Waals surface area contributed by atoms with Gasteiger partial charge in [-0.25, -0.2) is 5.43 Å². The molecular formula is C15H12Cl2N2O3. The molecule has 0 saturated heterocycles. The maximum atomic E-state index is 11.6. The van der Waals surface area contributed by atoms with Crippen LogP contribution in [-0.4, -0.2) is 23.8 Å². The summed E-state index contributed by atoms with van der Waals surface area (Å²) in [6, 6.07) is 11.4. The molecule has 0 saturated carbocycles. The van der Waals surface area contributed by atoms with Gasteiger partial charge in [-0.3, -0.25) is 4.79 Å². The third-order valence-electron chi connectivity index (χ3n) is 2.55. The lowest BCUT2D eigenvalue weighted by molar-refractivity contribution is -0.123. The highest BCUT2D eigenvalue weighted by molar-refractivity contribution is 6.42. The molecule has 0 aliphatic rings. The average molecular weight is 339 g/mol. The zero-order chi connectivity index (χ0) is 15.9. The Morgan fingerprint density at radius 3 is 2.82 bits per heavy atom. The second-order valence-corrected chi connectivity index (χ2v) is 5.01. The molecule has 0 radical (unpaired) electrons. The average Bonchev–Trinajstić information content (AvgIpc) is 2.49. The molecular weight excluding hydrogens is 327 g/mol. The molecule has 2 aromatic carbocycles. The van der Waals surface area contributed by atoms with Crippen LogP contribution in [0.15, 0.2) is 47.6 Å². The van der Waals surface area contributed by atoms with Gasteiger partial charge >= 0.3 is 0 Å². The summed E-state index contributed by atoms with van der Waals surface area (Å²) < 4.78 is 5.26. The van der Waals surface area contributed by atoms with Crippen molar-refractivity contribution >= 4 is 35.3 Å². The van der Waals surface area contributed by atoms with Crippen molar-refractivity contribution in [3.05, 3.63) is 58.1 Å². The maximum absolute atomic E-state index is 11.6. The van der Waals surface area contributed by atoms with Crippen LogP contribution in [-0.2, 0) is 4.79 Å². The molecule has 0 fully saturated rings. The molecule has 1 amide bonds. The number of aromatic hydroxyl groups is 1. The van der Waals surface area contributed by atoms with Gasteiger partial charge in [-0.15, -0.1) is 0 Å². The van der Waals surface area contributed by atoms with E-state index in [0.717, 1.165) is 0 Å². The van der Waals surface area contributed by atoms with Gasteiger partial charge in [-0.05, 0) is 29.8 Å². The minimum absolute atomic E-state index is 0.120. The summed E-state index contributed by atoms with van der Waals surface area (Å²) in [5.41, 5.74) is 2.95. The van der Waals surface area contributed by atoms with Crippen molar-refractivity contribution in [2.75, 3.05) is 6.61 Å². The van der Waals surface area contributed by atoms with Crippen LogP contribution in [0.25, 0.3) is 0 Å². The number of hydrogen-bond acceptors (Lipinski definition) is 4. The zero-order valence-corrected chi connectivity index (χ0v) is 12.8. The van der Waals surface area contributed by atoms with Crippen molar-refractivity contribution in [3.8, 4) is 11.5 Å². The number of nitrogens with one attached hydrogen (secondary N) is 1. The van der Waals surface area contributed by atoms with E-state index in [1.54, 1.807) is 36.4 Å². The molecule has 0 heterocycles. The van der Waals surface area contributed by atoms with Crippen molar-refractivity contribution in [3.63, 3.8) is 0 Å². The predicted octanol–water partition coefficient (Wildman–Crippen LogP) is 3.23. The second kappa shape index (κ2) is 7.68. The number of nitrogens with zero attached hydrogens (tertiary/aromatic N) is 1. The number of phenolic OH excluding ortho intramolecular Hbond substituents is 1. The van der Waals surface area contributed by atoms with Crippen LogP contribution in [0.1, 0.15) is 5.56 Å². The molecule has 0 spiro atoms. The first kappa shape index (κ1) is 16.1. The molecule has 0 aliphatic carbocycles. The van der Waals surface area contributed by atoms with Gasteiger partial charge in [-0.1, -0.05) is 41.4 Å². The Labute approximate surface area is 137 Å². The minimum Gasteiger partial charge on any atom is -0.508 e. The number of benzene rings is 2. The topological polar surface area (TPSA) is 70.9 Å². The van der Waals surface area contributed by atoms with Crippen molar-refractivity contribution in [1.82, 2.24) is 5.43 Å². The molecule has 22 heavy (non-hydrogen) atoms. The first-order valence-electron chi connectivity index (χ1n) is 6.24. The largest absolute Gasteiger partial charge is 0.508 e. The first-order chi connectivity index (χ1) is 10.6. The lowest BCUT2D eigenvalue weighted by atomic mass is 10.2. The van der Waals surface area contributed by atoms with Crippen LogP contribution in [0.5, 0.6) is 11.5 Å². The molecule has 114 valence electrons. The quantitative estimate of drug-likeness (QED) is 0.649. The van der Waals surface area contributed by atoms with E-state index in [0.29, 0.717) is 16.3 Å². The Balaban J connectivity index is 1.84. The number of amides is 1. The monoisotopic (exact) mass is 338 g/mol. The fourth-order valence-corrected chi connectivity index (χ4v) is 1.90. The summed E-state index contributed by atoms with van der Waals surface area (Å²) in [7, 11) is 0. The summed E-state index contributed by atoms with van der Waals surface area (Å²) >= 11 is 11.8. The number of hydrazone groups is 1. The second-order valence-electron chi connectivity index (χ2n) is 4.23. The number of carbonyl (C=O) groups is 1. The Morgan fingerprint density at radius 2 is 2.05 bits per heavy atom. The third-order valence-corrected chi connectivity index (χ3v) is 3.35. The minimum atomic E-state index is -0.451. The van der Waals surface area contributed by atoms with E-state index < -0.39 is 5.91 Å². The number of rotatable bonds is 5. The van der Waals surface area contributed by atoms with Gasteiger partial charge in [-0.2, -0.15) is 5.10 Å². The molecule has 2 rings (SSSR count). The highest BCUT2D eigenvalue weighted by atomic mass is 35.5. The third kappa shape index (κ3) is 4.65. The van der Waals surface area contributed by atoms with Crippen LogP contribution >= 0.6 is 23.2 Å². The van der Waals surface area contributed by atoms with Crippen LogP contribution in [0.4, 0.5) is 0 Å². The van der Waals surface area contributed by atoms with E-state index in [4.69, 9.17) is 27.9 Å². The van der Waals surface area contributed by atoms with Gasteiger partial charge < -0.3 is 9.84 Å². The summed E-state index contributed by atoms with van der Waals surface area (Å²) in [5, 5.41) is 13.6. The Kier molecular flexibility index (Phi) is 5.63. The fraction of sp³-hybridized carbons (Fsp3) is 0.0667. The van der Waals surface area contributed by atoms with E-state index in [9.17, 15) is 9.90 Å². The summed E-state index contributed by atoms with van der Waals surface area (Å²) in [5.74, 6) is -0.0112. The summed E-state index contributed by atoms with van der Waals surface area (Å²) in [4.78, 5) is 11.6. The zero-order valence-electron chi connectivity index (χ0n) is 11.3. The van der Waals surface area contributed by atoms with Gasteiger partial charge in [0.25, 0.3) is 5.91 Å². The van der Waals surface area contributed by atoms with Crippen molar-refractivity contribution in [1.29, 1.82) is 0 Å². The molecule has 2 aromatic rings. The maximum Gasteiger partial charge on any atom is 0.277 e. The standard InChI is InChI=1S/C15H12Cl2N2O3/c16-12-5-2-6-13(15(12)17)22-9-14(21)19-18-8-10-3-1-4-11(20)7-10/h1-8,20H,9H2,(H,19,21)/b18-8-. The number of phenols is 1. The first-order valence-corrected chi connectivity index (χ1v) is 6.99. The van der Waals surface area contributed by atoms with Gasteiger partial charge in [0.2, 0.25) is 0 Å². The van der Waals surface area contributed by atoms with Crippen molar-refractivity contribution in [2.45, 2.75) is 0 Å². The molecule has 0 aliphatic heterocycles. The fourth-order valence-electron chi connectivity index (χ4n) is 1.55. The number of hydrogen-bond donors (Lipinski definition) is 2. The van der Waals surface area contributed by atoms with Crippen LogP contribution in [0.2, 0.25) is 10.0 Å². The smallest absolute Gasteiger partial charge is 0.277 e. The van der Waals surface area contributed by atoms with E-state index in [-0.39, 0.29) is 17.4 Å². The Hall–Kier alpha value is -2.24. The SMILES string of the molecule is O=C(COc1cccc(Cl)c1Cl)N/N=C\c1cccc(O)c1. The molecule has 0 bridgehead atoms. The van der Waals surface area contributed by atoms with E-state index in [1.807, 2.05) is 0 Å². The predicted molar refractivity (Wildman–Crippen MR) is 85.8 cm³/mol.